The number of hydrogen-bond acceptors (Lipinski definition) is 4. The zero-order valence-corrected chi connectivity index (χ0v) is 13.1. The van der Waals surface area contributed by atoms with E-state index in [-0.39, 0.29) is 23.2 Å². The summed E-state index contributed by atoms with van der Waals surface area (Å²) in [6.07, 6.45) is 0.341. The van der Waals surface area contributed by atoms with Crippen molar-refractivity contribution in [2.45, 2.75) is 38.2 Å². The Morgan fingerprint density at radius 1 is 1.41 bits per heavy atom. The van der Waals surface area contributed by atoms with E-state index in [1.54, 1.807) is 13.8 Å². The van der Waals surface area contributed by atoms with E-state index < -0.39 is 9.84 Å². The highest BCUT2D eigenvalue weighted by atomic mass is 79.9. The van der Waals surface area contributed by atoms with Crippen LogP contribution in [0.1, 0.15) is 20.8 Å². The average Bonchev–Trinajstić information content (AvgIpc) is 2.25. The zero-order valence-electron chi connectivity index (χ0n) is 10.7. The molecule has 1 heterocycles. The van der Waals surface area contributed by atoms with Crippen LogP contribution in [-0.4, -0.2) is 61.5 Å². The summed E-state index contributed by atoms with van der Waals surface area (Å²) in [5, 5.41) is 0.512. The minimum absolute atomic E-state index is 0.167. The number of halogens is 1. The number of nitrogens with zero attached hydrogens (tertiary/aromatic N) is 1. The first-order chi connectivity index (χ1) is 7.85. The Bertz CT molecular complexity index is 332. The topological polar surface area (TPSA) is 46.6 Å². The molecule has 0 amide bonds. The number of morpholine rings is 1. The van der Waals surface area contributed by atoms with Crippen molar-refractivity contribution in [3.05, 3.63) is 0 Å². The van der Waals surface area contributed by atoms with Gasteiger partial charge in [0, 0.05) is 25.0 Å². The number of alkyl halides is 1. The van der Waals surface area contributed by atoms with Gasteiger partial charge < -0.3 is 4.74 Å². The Morgan fingerprint density at radius 2 is 2.06 bits per heavy atom. The van der Waals surface area contributed by atoms with E-state index in [1.807, 2.05) is 6.92 Å². The van der Waals surface area contributed by atoms with Gasteiger partial charge in [0.25, 0.3) is 0 Å². The molecule has 0 aromatic carbocycles. The van der Waals surface area contributed by atoms with E-state index in [1.165, 1.54) is 0 Å². The van der Waals surface area contributed by atoms with E-state index >= 15 is 0 Å². The molecule has 0 bridgehead atoms. The lowest BCUT2D eigenvalue weighted by atomic mass is 10.2. The van der Waals surface area contributed by atoms with Crippen LogP contribution >= 0.6 is 15.9 Å². The maximum Gasteiger partial charge on any atom is 0.153 e. The van der Waals surface area contributed by atoms with Gasteiger partial charge in [-0.15, -0.1) is 0 Å². The lowest BCUT2D eigenvalue weighted by Gasteiger charge is -2.36. The van der Waals surface area contributed by atoms with E-state index in [2.05, 4.69) is 20.8 Å². The SMILES string of the molecule is CC1CN(CCS(=O)(=O)C(C)C)CC(CBr)O1. The predicted molar refractivity (Wildman–Crippen MR) is 73.5 cm³/mol. The van der Waals surface area contributed by atoms with E-state index in [0.717, 1.165) is 18.4 Å². The van der Waals surface area contributed by atoms with Crippen molar-refractivity contribution in [3.8, 4) is 0 Å². The second-order valence-corrected chi connectivity index (χ2v) is 8.22. The molecule has 0 aromatic heterocycles. The molecule has 0 aromatic rings. The van der Waals surface area contributed by atoms with Gasteiger partial charge in [-0.3, -0.25) is 4.90 Å². The molecule has 4 nitrogen and oxygen atoms in total. The Morgan fingerprint density at radius 3 is 2.59 bits per heavy atom. The van der Waals surface area contributed by atoms with Gasteiger partial charge in [-0.05, 0) is 20.8 Å². The summed E-state index contributed by atoms with van der Waals surface area (Å²) < 4.78 is 29.2. The lowest BCUT2D eigenvalue weighted by molar-refractivity contribution is -0.0634. The Labute approximate surface area is 113 Å². The van der Waals surface area contributed by atoms with E-state index in [0.29, 0.717) is 6.54 Å². The highest BCUT2D eigenvalue weighted by Crippen LogP contribution is 2.13. The molecule has 0 spiro atoms. The molecule has 1 aliphatic rings. The molecular formula is C11H22BrNO3S. The molecule has 2 atom stereocenters. The fraction of sp³-hybridized carbons (Fsp3) is 1.00. The van der Waals surface area contributed by atoms with E-state index in [9.17, 15) is 8.42 Å². The summed E-state index contributed by atoms with van der Waals surface area (Å²) in [5.41, 5.74) is 0. The molecule has 1 saturated heterocycles. The van der Waals surface area contributed by atoms with Crippen molar-refractivity contribution >= 4 is 25.8 Å². The fourth-order valence-electron chi connectivity index (χ4n) is 1.90. The monoisotopic (exact) mass is 327 g/mol. The smallest absolute Gasteiger partial charge is 0.153 e. The molecule has 1 rings (SSSR count). The second kappa shape index (κ2) is 6.50. The summed E-state index contributed by atoms with van der Waals surface area (Å²) in [4.78, 5) is 2.18. The van der Waals surface area contributed by atoms with Crippen molar-refractivity contribution in [1.82, 2.24) is 4.90 Å². The first-order valence-electron chi connectivity index (χ1n) is 6.00. The molecule has 2 unspecified atom stereocenters. The lowest BCUT2D eigenvalue weighted by Crippen LogP contribution is -2.48. The second-order valence-electron chi connectivity index (χ2n) is 4.90. The van der Waals surface area contributed by atoms with Gasteiger partial charge in [-0.25, -0.2) is 8.42 Å². The van der Waals surface area contributed by atoms with Crippen LogP contribution in [0.4, 0.5) is 0 Å². The number of ether oxygens (including phenoxy) is 1. The van der Waals surface area contributed by atoms with Crippen LogP contribution in [0.2, 0.25) is 0 Å². The van der Waals surface area contributed by atoms with Gasteiger partial charge >= 0.3 is 0 Å². The highest BCUT2D eigenvalue weighted by Gasteiger charge is 2.26. The summed E-state index contributed by atoms with van der Waals surface area (Å²) in [6.45, 7) is 7.73. The molecular weight excluding hydrogens is 306 g/mol. The molecule has 102 valence electrons. The summed E-state index contributed by atoms with van der Waals surface area (Å²) in [7, 11) is -2.93. The zero-order chi connectivity index (χ0) is 13.1. The quantitative estimate of drug-likeness (QED) is 0.714. The van der Waals surface area contributed by atoms with Crippen molar-refractivity contribution < 1.29 is 13.2 Å². The number of sulfone groups is 1. The molecule has 0 N–H and O–H groups in total. The van der Waals surface area contributed by atoms with Gasteiger partial charge in [-0.2, -0.15) is 0 Å². The Balaban J connectivity index is 2.46. The molecule has 0 aliphatic carbocycles. The van der Waals surface area contributed by atoms with Crippen molar-refractivity contribution in [2.75, 3.05) is 30.7 Å². The Kier molecular flexibility index (Phi) is 5.89. The molecule has 1 aliphatic heterocycles. The van der Waals surface area contributed by atoms with Crippen LogP contribution in [0.25, 0.3) is 0 Å². The van der Waals surface area contributed by atoms with Gasteiger partial charge in [0.2, 0.25) is 0 Å². The van der Waals surface area contributed by atoms with E-state index in [4.69, 9.17) is 4.74 Å². The van der Waals surface area contributed by atoms with Crippen LogP contribution in [0.5, 0.6) is 0 Å². The average molecular weight is 328 g/mol. The van der Waals surface area contributed by atoms with Gasteiger partial charge in [0.15, 0.2) is 9.84 Å². The minimum Gasteiger partial charge on any atom is -0.372 e. The minimum atomic E-state index is -2.93. The maximum absolute atomic E-state index is 11.7. The van der Waals surface area contributed by atoms with Crippen molar-refractivity contribution in [2.24, 2.45) is 0 Å². The fourth-order valence-corrected chi connectivity index (χ4v) is 3.24. The first kappa shape index (κ1) is 15.4. The normalized spacial score (nSPS) is 27.6. The summed E-state index contributed by atoms with van der Waals surface area (Å²) in [5.74, 6) is 0.242. The summed E-state index contributed by atoms with van der Waals surface area (Å²) >= 11 is 3.41. The molecule has 6 heteroatoms. The van der Waals surface area contributed by atoms with Gasteiger partial charge in [0.1, 0.15) is 0 Å². The first-order valence-corrected chi connectivity index (χ1v) is 8.84. The molecule has 17 heavy (non-hydrogen) atoms. The van der Waals surface area contributed by atoms with Crippen LogP contribution < -0.4 is 0 Å². The third-order valence-electron chi connectivity index (χ3n) is 2.98. The van der Waals surface area contributed by atoms with Crippen LogP contribution in [-0.2, 0) is 14.6 Å². The maximum atomic E-state index is 11.7. The molecule has 0 saturated carbocycles. The number of rotatable bonds is 5. The third kappa shape index (κ3) is 4.85. The van der Waals surface area contributed by atoms with Crippen molar-refractivity contribution in [3.63, 3.8) is 0 Å². The third-order valence-corrected chi connectivity index (χ3v) is 5.89. The van der Waals surface area contributed by atoms with Crippen LogP contribution in [0.3, 0.4) is 0 Å². The molecule has 1 fully saturated rings. The van der Waals surface area contributed by atoms with Crippen LogP contribution in [0, 0.1) is 0 Å². The summed E-state index contributed by atoms with van der Waals surface area (Å²) in [6, 6.07) is 0. The highest BCUT2D eigenvalue weighted by molar-refractivity contribution is 9.09. The van der Waals surface area contributed by atoms with Crippen molar-refractivity contribution in [1.29, 1.82) is 0 Å². The standard InChI is InChI=1S/C11H22BrNO3S/c1-9(2)17(14,15)5-4-13-7-10(3)16-11(6-12)8-13/h9-11H,4-8H2,1-3H3. The van der Waals surface area contributed by atoms with Gasteiger partial charge in [-0.1, -0.05) is 15.9 Å². The Hall–Kier alpha value is 0.350. The predicted octanol–water partition coefficient (Wildman–Crippen LogP) is 1.29. The van der Waals surface area contributed by atoms with Gasteiger partial charge in [0.05, 0.1) is 23.2 Å². The molecule has 0 radical (unpaired) electrons. The largest absolute Gasteiger partial charge is 0.372 e. The number of hydrogen-bond donors (Lipinski definition) is 0. The van der Waals surface area contributed by atoms with Crippen LogP contribution in [0.15, 0.2) is 0 Å².